The van der Waals surface area contributed by atoms with E-state index in [9.17, 15) is 4.79 Å². The van der Waals surface area contributed by atoms with Crippen LogP contribution in [0.25, 0.3) is 5.69 Å². The summed E-state index contributed by atoms with van der Waals surface area (Å²) in [7, 11) is 0. The highest BCUT2D eigenvalue weighted by Gasteiger charge is 2.11. The van der Waals surface area contributed by atoms with Crippen LogP contribution in [0.5, 0.6) is 0 Å². The molecule has 1 aromatic heterocycles. The zero-order valence-electron chi connectivity index (χ0n) is 10.2. The third kappa shape index (κ3) is 3.18. The first kappa shape index (κ1) is 12.8. The van der Waals surface area contributed by atoms with Gasteiger partial charge in [0.05, 0.1) is 24.1 Å². The number of amides is 1. The highest BCUT2D eigenvalue weighted by Crippen LogP contribution is 2.12. The van der Waals surface area contributed by atoms with Crippen molar-refractivity contribution < 1.29 is 4.79 Å². The Hall–Kier alpha value is -2.65. The van der Waals surface area contributed by atoms with E-state index < -0.39 is 6.04 Å². The predicted molar refractivity (Wildman–Crippen MR) is 71.4 cm³/mol. The molecule has 0 saturated heterocycles. The molecule has 2 aromatic rings. The molecule has 0 fully saturated rings. The van der Waals surface area contributed by atoms with Gasteiger partial charge in [0.15, 0.2) is 0 Å². The molecular weight excluding hydrogens is 242 g/mol. The summed E-state index contributed by atoms with van der Waals surface area (Å²) < 4.78 is 0. The number of hydrogen-bond acceptors (Lipinski definition) is 4. The van der Waals surface area contributed by atoms with E-state index in [0.29, 0.717) is 5.69 Å². The second-order valence-corrected chi connectivity index (χ2v) is 3.87. The summed E-state index contributed by atoms with van der Waals surface area (Å²) in [5.41, 5.74) is 7.05. The molecule has 1 atom stereocenters. The smallest absolute Gasteiger partial charge is 0.242 e. The highest BCUT2D eigenvalue weighted by atomic mass is 16.2. The number of carbonyl (C=O) groups excluding carboxylic acids is 1. The Labute approximate surface area is 110 Å². The maximum absolute atomic E-state index is 11.7. The summed E-state index contributed by atoms with van der Waals surface area (Å²) >= 11 is 0. The van der Waals surface area contributed by atoms with Crippen molar-refractivity contribution >= 4 is 11.6 Å². The van der Waals surface area contributed by atoms with Crippen LogP contribution in [-0.4, -0.2) is 26.9 Å². The molecule has 0 radical (unpaired) electrons. The Bertz CT molecular complexity index is 582. The molecule has 1 amide bonds. The van der Waals surface area contributed by atoms with Crippen molar-refractivity contribution in [3.8, 4) is 18.0 Å². The van der Waals surface area contributed by atoms with Gasteiger partial charge in [-0.3, -0.25) is 4.79 Å². The summed E-state index contributed by atoms with van der Waals surface area (Å²) in [6.07, 6.45) is 8.50. The molecule has 6 heteroatoms. The van der Waals surface area contributed by atoms with Gasteiger partial charge in [0.1, 0.15) is 0 Å². The van der Waals surface area contributed by atoms with Crippen molar-refractivity contribution in [2.75, 3.05) is 5.32 Å². The highest BCUT2D eigenvalue weighted by molar-refractivity contribution is 5.94. The average Bonchev–Trinajstić information content (AvgIpc) is 2.94. The summed E-state index contributed by atoms with van der Waals surface area (Å²) in [6, 6.07) is 6.39. The normalized spacial score (nSPS) is 11.6. The van der Waals surface area contributed by atoms with Gasteiger partial charge in [-0.2, -0.15) is 15.0 Å². The van der Waals surface area contributed by atoms with E-state index >= 15 is 0 Å². The molecular formula is C13H13N5O. The van der Waals surface area contributed by atoms with Gasteiger partial charge >= 0.3 is 0 Å². The third-order valence-electron chi connectivity index (χ3n) is 2.46. The first-order chi connectivity index (χ1) is 9.20. The van der Waals surface area contributed by atoms with E-state index in [1.54, 1.807) is 36.7 Å². The summed E-state index contributed by atoms with van der Waals surface area (Å²) in [6.45, 7) is 0. The zero-order valence-corrected chi connectivity index (χ0v) is 10.2. The maximum Gasteiger partial charge on any atom is 0.242 e. The Morgan fingerprint density at radius 2 is 2.00 bits per heavy atom. The van der Waals surface area contributed by atoms with Crippen LogP contribution >= 0.6 is 0 Å². The number of nitrogens with two attached hydrogens (primary N) is 1. The molecule has 1 unspecified atom stereocenters. The first-order valence-electron chi connectivity index (χ1n) is 5.67. The van der Waals surface area contributed by atoms with E-state index in [1.165, 1.54) is 4.80 Å². The van der Waals surface area contributed by atoms with Crippen LogP contribution in [0.2, 0.25) is 0 Å². The monoisotopic (exact) mass is 255 g/mol. The van der Waals surface area contributed by atoms with Crippen molar-refractivity contribution in [2.45, 2.75) is 12.5 Å². The van der Waals surface area contributed by atoms with Gasteiger partial charge in [-0.25, -0.2) is 0 Å². The number of aromatic nitrogens is 3. The predicted octanol–water partition coefficient (Wildman–Crippen LogP) is 0.556. The molecule has 19 heavy (non-hydrogen) atoms. The molecule has 96 valence electrons. The minimum absolute atomic E-state index is 0.209. The Morgan fingerprint density at radius 3 is 2.58 bits per heavy atom. The number of terminal acetylenes is 1. The van der Waals surface area contributed by atoms with Crippen LogP contribution in [0.3, 0.4) is 0 Å². The second kappa shape index (κ2) is 5.80. The van der Waals surface area contributed by atoms with Crippen LogP contribution in [-0.2, 0) is 4.79 Å². The quantitative estimate of drug-likeness (QED) is 0.781. The number of carbonyl (C=O) groups is 1. The summed E-state index contributed by atoms with van der Waals surface area (Å²) in [4.78, 5) is 13.1. The third-order valence-corrected chi connectivity index (χ3v) is 2.46. The molecule has 2 rings (SSSR count). The van der Waals surface area contributed by atoms with Crippen molar-refractivity contribution in [1.82, 2.24) is 15.0 Å². The van der Waals surface area contributed by atoms with Crippen molar-refractivity contribution in [2.24, 2.45) is 5.73 Å². The SMILES string of the molecule is C#CCC(N)C(=O)Nc1ccc(-n2nccn2)cc1. The molecule has 6 nitrogen and oxygen atoms in total. The molecule has 0 aliphatic heterocycles. The van der Waals surface area contributed by atoms with Crippen molar-refractivity contribution in [3.05, 3.63) is 36.7 Å². The van der Waals surface area contributed by atoms with E-state index in [4.69, 9.17) is 12.2 Å². The van der Waals surface area contributed by atoms with Gasteiger partial charge < -0.3 is 11.1 Å². The molecule has 0 bridgehead atoms. The van der Waals surface area contributed by atoms with Crippen LogP contribution in [0.4, 0.5) is 5.69 Å². The first-order valence-corrected chi connectivity index (χ1v) is 5.67. The molecule has 0 saturated carbocycles. The average molecular weight is 255 g/mol. The number of nitrogens with one attached hydrogen (secondary N) is 1. The lowest BCUT2D eigenvalue weighted by atomic mass is 10.2. The minimum atomic E-state index is -0.697. The van der Waals surface area contributed by atoms with Crippen LogP contribution in [0.1, 0.15) is 6.42 Å². The van der Waals surface area contributed by atoms with E-state index in [1.807, 2.05) is 0 Å². The maximum atomic E-state index is 11.7. The molecule has 1 aromatic carbocycles. The fourth-order valence-corrected chi connectivity index (χ4v) is 1.48. The summed E-state index contributed by atoms with van der Waals surface area (Å²) in [5, 5.41) is 10.7. The second-order valence-electron chi connectivity index (χ2n) is 3.87. The number of rotatable bonds is 4. The summed E-state index contributed by atoms with van der Waals surface area (Å²) in [5.74, 6) is 2.05. The van der Waals surface area contributed by atoms with Gasteiger partial charge in [-0.15, -0.1) is 12.3 Å². The zero-order chi connectivity index (χ0) is 13.7. The van der Waals surface area contributed by atoms with Gasteiger partial charge in [0.2, 0.25) is 5.91 Å². The number of anilines is 1. The van der Waals surface area contributed by atoms with Crippen LogP contribution < -0.4 is 11.1 Å². The number of nitrogens with zero attached hydrogens (tertiary/aromatic N) is 3. The standard InChI is InChI=1S/C13H13N5O/c1-2-3-12(14)13(19)17-10-4-6-11(7-5-10)18-15-8-9-16-18/h1,4-9,12H,3,14H2,(H,17,19). The lowest BCUT2D eigenvalue weighted by molar-refractivity contribution is -0.117. The fraction of sp³-hybridized carbons (Fsp3) is 0.154. The molecule has 1 heterocycles. The molecule has 0 aliphatic rings. The topological polar surface area (TPSA) is 85.8 Å². The fourth-order valence-electron chi connectivity index (χ4n) is 1.48. The lowest BCUT2D eigenvalue weighted by Gasteiger charge is -2.10. The van der Waals surface area contributed by atoms with Gasteiger partial charge in [-0.05, 0) is 24.3 Å². The van der Waals surface area contributed by atoms with E-state index in [0.717, 1.165) is 5.69 Å². The lowest BCUT2D eigenvalue weighted by Crippen LogP contribution is -2.35. The molecule has 0 aliphatic carbocycles. The molecule has 3 N–H and O–H groups in total. The molecule has 0 spiro atoms. The van der Waals surface area contributed by atoms with Crippen LogP contribution in [0.15, 0.2) is 36.7 Å². The Balaban J connectivity index is 2.03. The van der Waals surface area contributed by atoms with E-state index in [2.05, 4.69) is 21.4 Å². The van der Waals surface area contributed by atoms with Gasteiger partial charge in [0.25, 0.3) is 0 Å². The largest absolute Gasteiger partial charge is 0.325 e. The van der Waals surface area contributed by atoms with Crippen molar-refractivity contribution in [1.29, 1.82) is 0 Å². The van der Waals surface area contributed by atoms with E-state index in [-0.39, 0.29) is 12.3 Å². The number of benzene rings is 1. The number of hydrogen-bond donors (Lipinski definition) is 2. The van der Waals surface area contributed by atoms with Crippen molar-refractivity contribution in [3.63, 3.8) is 0 Å². The Morgan fingerprint density at radius 1 is 1.37 bits per heavy atom. The minimum Gasteiger partial charge on any atom is -0.325 e. The Kier molecular flexibility index (Phi) is 3.90. The van der Waals surface area contributed by atoms with Crippen LogP contribution in [0, 0.1) is 12.3 Å². The van der Waals surface area contributed by atoms with Gasteiger partial charge in [0, 0.05) is 12.1 Å². The van der Waals surface area contributed by atoms with Gasteiger partial charge in [-0.1, -0.05) is 0 Å².